The van der Waals surface area contributed by atoms with E-state index in [1.165, 1.54) is 0 Å². The zero-order valence-corrected chi connectivity index (χ0v) is 12.4. The molecule has 1 amide bonds. The van der Waals surface area contributed by atoms with E-state index in [9.17, 15) is 4.79 Å². The molecule has 20 heavy (non-hydrogen) atoms. The topological polar surface area (TPSA) is 64.3 Å². The highest BCUT2D eigenvalue weighted by Crippen LogP contribution is 2.28. The van der Waals surface area contributed by atoms with Crippen molar-refractivity contribution >= 4 is 5.91 Å². The number of aryl methyl sites for hydroxylation is 2. The molecule has 1 aliphatic carbocycles. The van der Waals surface area contributed by atoms with Gasteiger partial charge in [0.1, 0.15) is 5.75 Å². The highest BCUT2D eigenvalue weighted by molar-refractivity contribution is 5.78. The van der Waals surface area contributed by atoms with Crippen molar-refractivity contribution in [3.63, 3.8) is 0 Å². The lowest BCUT2D eigenvalue weighted by molar-refractivity contribution is -0.124. The van der Waals surface area contributed by atoms with Crippen LogP contribution in [0.3, 0.4) is 0 Å². The van der Waals surface area contributed by atoms with Gasteiger partial charge in [0, 0.05) is 6.54 Å². The van der Waals surface area contributed by atoms with Crippen LogP contribution in [-0.2, 0) is 4.79 Å². The molecule has 1 fully saturated rings. The number of benzene rings is 1. The van der Waals surface area contributed by atoms with Gasteiger partial charge in [0.05, 0.1) is 5.54 Å². The first kappa shape index (κ1) is 14.9. The van der Waals surface area contributed by atoms with Gasteiger partial charge in [-0.05, 0) is 37.8 Å². The van der Waals surface area contributed by atoms with Gasteiger partial charge < -0.3 is 15.8 Å². The number of rotatable bonds is 5. The second-order valence-corrected chi connectivity index (χ2v) is 5.75. The van der Waals surface area contributed by atoms with Crippen LogP contribution in [0.5, 0.6) is 5.75 Å². The Morgan fingerprint density at radius 2 is 1.90 bits per heavy atom. The lowest BCUT2D eigenvalue weighted by Crippen LogP contribution is -2.52. The molecule has 0 bridgehead atoms. The van der Waals surface area contributed by atoms with E-state index >= 15 is 0 Å². The number of hydrogen-bond donors (Lipinski definition) is 2. The smallest absolute Gasteiger partial charge is 0.258 e. The van der Waals surface area contributed by atoms with Crippen LogP contribution in [0.15, 0.2) is 18.2 Å². The summed E-state index contributed by atoms with van der Waals surface area (Å²) in [6.07, 6.45) is 4.21. The number of hydrogen-bond acceptors (Lipinski definition) is 3. The van der Waals surface area contributed by atoms with Crippen LogP contribution in [0, 0.1) is 13.8 Å². The number of ether oxygens (including phenoxy) is 1. The van der Waals surface area contributed by atoms with Crippen molar-refractivity contribution in [1.29, 1.82) is 0 Å². The molecule has 0 aliphatic heterocycles. The number of carbonyl (C=O) groups excluding carboxylic acids is 1. The van der Waals surface area contributed by atoms with E-state index < -0.39 is 0 Å². The Hall–Kier alpha value is -1.55. The maximum Gasteiger partial charge on any atom is 0.258 e. The summed E-state index contributed by atoms with van der Waals surface area (Å²) in [5.41, 5.74) is 7.71. The molecule has 0 aromatic heterocycles. The standard InChI is InChI=1S/C16H24N2O2/c1-12-6-5-7-13(2)15(12)20-10-14(19)18-16(11-17)8-3-4-9-16/h5-7H,3-4,8-11,17H2,1-2H3,(H,18,19). The predicted molar refractivity (Wildman–Crippen MR) is 79.8 cm³/mol. The van der Waals surface area contributed by atoms with E-state index in [2.05, 4.69) is 5.32 Å². The average molecular weight is 276 g/mol. The minimum atomic E-state index is -0.207. The third-order valence-electron chi connectivity index (χ3n) is 4.11. The first-order chi connectivity index (χ1) is 9.56. The van der Waals surface area contributed by atoms with Gasteiger partial charge in [0.2, 0.25) is 0 Å². The van der Waals surface area contributed by atoms with E-state index in [-0.39, 0.29) is 18.1 Å². The zero-order valence-electron chi connectivity index (χ0n) is 12.4. The molecule has 0 heterocycles. The van der Waals surface area contributed by atoms with Crippen LogP contribution >= 0.6 is 0 Å². The summed E-state index contributed by atoms with van der Waals surface area (Å²) in [6.45, 7) is 4.52. The van der Waals surface area contributed by atoms with Crippen molar-refractivity contribution < 1.29 is 9.53 Å². The molecular formula is C16H24N2O2. The second-order valence-electron chi connectivity index (χ2n) is 5.75. The number of nitrogens with two attached hydrogens (primary N) is 1. The lowest BCUT2D eigenvalue weighted by Gasteiger charge is -2.28. The van der Waals surface area contributed by atoms with Crippen LogP contribution in [0.1, 0.15) is 36.8 Å². The molecule has 3 N–H and O–H groups in total. The minimum Gasteiger partial charge on any atom is -0.483 e. The summed E-state index contributed by atoms with van der Waals surface area (Å²) in [5.74, 6) is 0.718. The molecule has 0 radical (unpaired) electrons. The zero-order chi connectivity index (χ0) is 14.6. The summed E-state index contributed by atoms with van der Waals surface area (Å²) in [5, 5.41) is 3.06. The Labute approximate surface area is 120 Å². The molecule has 0 spiro atoms. The third kappa shape index (κ3) is 3.31. The summed E-state index contributed by atoms with van der Waals surface area (Å²) in [6, 6.07) is 5.96. The fourth-order valence-corrected chi connectivity index (χ4v) is 2.93. The summed E-state index contributed by atoms with van der Waals surface area (Å²) in [7, 11) is 0. The van der Waals surface area contributed by atoms with Crippen molar-refractivity contribution in [2.75, 3.05) is 13.2 Å². The Morgan fingerprint density at radius 1 is 1.30 bits per heavy atom. The van der Waals surface area contributed by atoms with E-state index in [0.717, 1.165) is 42.6 Å². The van der Waals surface area contributed by atoms with E-state index in [0.29, 0.717) is 6.54 Å². The summed E-state index contributed by atoms with van der Waals surface area (Å²) < 4.78 is 5.68. The third-order valence-corrected chi connectivity index (χ3v) is 4.11. The number of nitrogens with one attached hydrogen (secondary N) is 1. The van der Waals surface area contributed by atoms with Crippen molar-refractivity contribution in [2.24, 2.45) is 5.73 Å². The molecule has 0 atom stereocenters. The average Bonchev–Trinajstić information content (AvgIpc) is 2.87. The molecule has 1 aromatic carbocycles. The predicted octanol–water partition coefficient (Wildman–Crippen LogP) is 2.07. The maximum atomic E-state index is 12.1. The lowest BCUT2D eigenvalue weighted by atomic mass is 9.98. The first-order valence-electron chi connectivity index (χ1n) is 7.26. The van der Waals surface area contributed by atoms with Gasteiger partial charge in [0.15, 0.2) is 6.61 Å². The van der Waals surface area contributed by atoms with Crippen LogP contribution in [0.2, 0.25) is 0 Å². The molecule has 4 heteroatoms. The van der Waals surface area contributed by atoms with E-state index in [4.69, 9.17) is 10.5 Å². The molecule has 0 saturated heterocycles. The first-order valence-corrected chi connectivity index (χ1v) is 7.26. The fraction of sp³-hybridized carbons (Fsp3) is 0.562. The molecule has 4 nitrogen and oxygen atoms in total. The van der Waals surface area contributed by atoms with Crippen molar-refractivity contribution in [1.82, 2.24) is 5.32 Å². The number of carbonyl (C=O) groups is 1. The molecular weight excluding hydrogens is 252 g/mol. The van der Waals surface area contributed by atoms with Crippen LogP contribution < -0.4 is 15.8 Å². The number of amides is 1. The Morgan fingerprint density at radius 3 is 2.45 bits per heavy atom. The van der Waals surface area contributed by atoms with Gasteiger partial charge in [-0.25, -0.2) is 0 Å². The molecule has 0 unspecified atom stereocenters. The quantitative estimate of drug-likeness (QED) is 0.865. The van der Waals surface area contributed by atoms with Crippen molar-refractivity contribution in [2.45, 2.75) is 45.1 Å². The van der Waals surface area contributed by atoms with Gasteiger partial charge in [0.25, 0.3) is 5.91 Å². The Kier molecular flexibility index (Phi) is 4.65. The van der Waals surface area contributed by atoms with E-state index in [1.807, 2.05) is 32.0 Å². The van der Waals surface area contributed by atoms with Crippen molar-refractivity contribution in [3.8, 4) is 5.75 Å². The minimum absolute atomic E-state index is 0.0491. The van der Waals surface area contributed by atoms with Crippen LogP contribution in [-0.4, -0.2) is 24.6 Å². The van der Waals surface area contributed by atoms with Gasteiger partial charge >= 0.3 is 0 Å². The molecule has 2 rings (SSSR count). The van der Waals surface area contributed by atoms with Crippen LogP contribution in [0.25, 0.3) is 0 Å². The van der Waals surface area contributed by atoms with E-state index in [1.54, 1.807) is 0 Å². The van der Waals surface area contributed by atoms with Gasteiger partial charge in [-0.2, -0.15) is 0 Å². The highest BCUT2D eigenvalue weighted by Gasteiger charge is 2.33. The monoisotopic (exact) mass is 276 g/mol. The SMILES string of the molecule is Cc1cccc(C)c1OCC(=O)NC1(CN)CCCC1. The number of para-hydroxylation sites is 1. The molecule has 1 aromatic rings. The normalized spacial score (nSPS) is 16.9. The highest BCUT2D eigenvalue weighted by atomic mass is 16.5. The Balaban J connectivity index is 1.92. The second kappa shape index (κ2) is 6.27. The van der Waals surface area contributed by atoms with Crippen LogP contribution in [0.4, 0.5) is 0 Å². The molecule has 110 valence electrons. The maximum absolute atomic E-state index is 12.1. The molecule has 1 aliphatic rings. The van der Waals surface area contributed by atoms with Gasteiger partial charge in [-0.3, -0.25) is 4.79 Å². The molecule has 1 saturated carbocycles. The van der Waals surface area contributed by atoms with Crippen molar-refractivity contribution in [3.05, 3.63) is 29.3 Å². The van der Waals surface area contributed by atoms with Gasteiger partial charge in [-0.1, -0.05) is 31.0 Å². The summed E-state index contributed by atoms with van der Waals surface area (Å²) >= 11 is 0. The Bertz CT molecular complexity index is 459. The van der Waals surface area contributed by atoms with Gasteiger partial charge in [-0.15, -0.1) is 0 Å². The fourth-order valence-electron chi connectivity index (χ4n) is 2.93. The summed E-state index contributed by atoms with van der Waals surface area (Å²) in [4.78, 5) is 12.1. The largest absolute Gasteiger partial charge is 0.483 e.